The van der Waals surface area contributed by atoms with Crippen LogP contribution in [0.2, 0.25) is 0 Å². The van der Waals surface area contributed by atoms with Crippen LogP contribution in [-0.4, -0.2) is 30.0 Å². The summed E-state index contributed by atoms with van der Waals surface area (Å²) in [6.45, 7) is 5.75. The molecule has 2 unspecified atom stereocenters. The van der Waals surface area contributed by atoms with Crippen LogP contribution in [0.1, 0.15) is 51.3 Å². The molecular formula is C24H28FN3O3S. The number of hydrogen-bond acceptors (Lipinski definition) is 6. The van der Waals surface area contributed by atoms with E-state index in [9.17, 15) is 9.18 Å². The zero-order valence-corrected chi connectivity index (χ0v) is 19.8. The highest BCUT2D eigenvalue weighted by atomic mass is 32.2. The smallest absolute Gasteiger partial charge is 0.251 e. The second-order valence-electron chi connectivity index (χ2n) is 7.58. The zero-order valence-electron chi connectivity index (χ0n) is 18.9. The summed E-state index contributed by atoms with van der Waals surface area (Å²) >= 11 is 1.38. The number of hydrogen-bond donors (Lipinski definition) is 1. The Bertz CT molecular complexity index is 1060. The van der Waals surface area contributed by atoms with Crippen LogP contribution < -0.4 is 5.32 Å². The van der Waals surface area contributed by atoms with E-state index in [1.165, 1.54) is 17.8 Å². The van der Waals surface area contributed by atoms with Crippen LogP contribution in [0.15, 0.2) is 68.1 Å². The van der Waals surface area contributed by atoms with E-state index in [-0.39, 0.29) is 17.7 Å². The van der Waals surface area contributed by atoms with Crippen LogP contribution in [0.3, 0.4) is 0 Å². The molecular weight excluding hydrogens is 429 g/mol. The van der Waals surface area contributed by atoms with Gasteiger partial charge in [0.1, 0.15) is 23.4 Å². The molecule has 0 aromatic carbocycles. The normalized spacial score (nSPS) is 19.9. The monoisotopic (exact) mass is 457 g/mol. The summed E-state index contributed by atoms with van der Waals surface area (Å²) in [5.41, 5.74) is 2.07. The molecule has 0 radical (unpaired) electrons. The summed E-state index contributed by atoms with van der Waals surface area (Å²) in [5, 5.41) is 4.05. The van der Waals surface area contributed by atoms with Gasteiger partial charge in [0.15, 0.2) is 5.09 Å². The minimum Gasteiger partial charge on any atom is -0.488 e. The SMILES string of the molecule is CN=C(C)Sc1oc(C2=CC=C(F)CC2C)nc1C(C)OC1=CC=C(C(=O)NC)C=CC1. The van der Waals surface area contributed by atoms with Gasteiger partial charge in [-0.15, -0.1) is 0 Å². The first-order valence-electron chi connectivity index (χ1n) is 10.5. The van der Waals surface area contributed by atoms with Gasteiger partial charge in [0, 0.05) is 38.1 Å². The molecule has 1 N–H and O–H groups in total. The lowest BCUT2D eigenvalue weighted by atomic mass is 9.92. The lowest BCUT2D eigenvalue weighted by molar-refractivity contribution is -0.116. The maximum atomic E-state index is 13.6. The van der Waals surface area contributed by atoms with Crippen molar-refractivity contribution in [1.29, 1.82) is 0 Å². The molecule has 3 rings (SSSR count). The number of nitrogens with one attached hydrogen (secondary N) is 1. The molecule has 2 aliphatic carbocycles. The summed E-state index contributed by atoms with van der Waals surface area (Å²) < 4.78 is 25.9. The number of rotatable bonds is 6. The number of ether oxygens (including phenoxy) is 1. The fourth-order valence-corrected chi connectivity index (χ4v) is 4.12. The Kier molecular flexibility index (Phi) is 7.90. The third-order valence-electron chi connectivity index (χ3n) is 5.17. The summed E-state index contributed by atoms with van der Waals surface area (Å²) in [6.07, 6.45) is 10.9. The highest BCUT2D eigenvalue weighted by Crippen LogP contribution is 2.38. The van der Waals surface area contributed by atoms with Crippen LogP contribution in [-0.2, 0) is 9.53 Å². The Morgan fingerprint density at radius 2 is 2.16 bits per heavy atom. The molecule has 0 saturated heterocycles. The summed E-state index contributed by atoms with van der Waals surface area (Å²) in [7, 11) is 3.32. The fraction of sp³-hybridized carbons (Fsp3) is 0.375. The lowest BCUT2D eigenvalue weighted by Gasteiger charge is -2.16. The van der Waals surface area contributed by atoms with Crippen LogP contribution in [0, 0.1) is 5.92 Å². The van der Waals surface area contributed by atoms with E-state index in [0.717, 1.165) is 10.6 Å². The molecule has 1 heterocycles. The minimum atomic E-state index is -0.402. The first-order chi connectivity index (χ1) is 15.3. The molecule has 0 saturated carbocycles. The zero-order chi connectivity index (χ0) is 23.3. The Hall–Kier alpha value is -2.87. The Labute approximate surface area is 192 Å². The second kappa shape index (κ2) is 10.6. The van der Waals surface area contributed by atoms with Crippen molar-refractivity contribution in [2.24, 2.45) is 10.9 Å². The van der Waals surface area contributed by atoms with E-state index < -0.39 is 6.10 Å². The summed E-state index contributed by atoms with van der Waals surface area (Å²) in [4.78, 5) is 20.8. The molecule has 6 nitrogen and oxygen atoms in total. The first kappa shape index (κ1) is 23.8. The maximum Gasteiger partial charge on any atom is 0.251 e. The van der Waals surface area contributed by atoms with Gasteiger partial charge in [-0.05, 0) is 49.8 Å². The average Bonchev–Trinajstić information content (AvgIpc) is 3.03. The molecule has 2 aliphatic rings. The van der Waals surface area contributed by atoms with Gasteiger partial charge in [0.25, 0.3) is 5.91 Å². The molecule has 1 aromatic rings. The topological polar surface area (TPSA) is 76.7 Å². The Morgan fingerprint density at radius 1 is 1.38 bits per heavy atom. The highest BCUT2D eigenvalue weighted by Gasteiger charge is 2.27. The number of carbonyl (C=O) groups is 1. The van der Waals surface area contributed by atoms with Gasteiger partial charge in [-0.25, -0.2) is 9.37 Å². The molecule has 170 valence electrons. The standard InChI is InChI=1S/C24H28FN3O3S/c1-14-13-18(25)10-12-20(14)23-28-21(24(31-23)32-16(3)26-4)15(2)30-19-8-6-7-17(9-11-19)22(29)27-5/h6-7,9-12,14-15H,8,13H2,1-5H3,(H,27,29). The quantitative estimate of drug-likeness (QED) is 0.338. The van der Waals surface area contributed by atoms with Crippen molar-refractivity contribution >= 4 is 28.3 Å². The maximum absolute atomic E-state index is 13.6. The number of halogens is 1. The minimum absolute atomic E-state index is 0.0375. The molecule has 0 fully saturated rings. The van der Waals surface area contributed by atoms with Crippen molar-refractivity contribution in [2.45, 2.75) is 44.8 Å². The average molecular weight is 458 g/mol. The van der Waals surface area contributed by atoms with Crippen molar-refractivity contribution in [3.05, 3.63) is 65.2 Å². The van der Waals surface area contributed by atoms with E-state index in [2.05, 4.69) is 10.3 Å². The second-order valence-corrected chi connectivity index (χ2v) is 8.74. The van der Waals surface area contributed by atoms with Gasteiger partial charge in [-0.1, -0.05) is 25.2 Å². The molecule has 1 aromatic heterocycles. The van der Waals surface area contributed by atoms with Crippen molar-refractivity contribution in [3.8, 4) is 0 Å². The van der Waals surface area contributed by atoms with Gasteiger partial charge in [-0.2, -0.15) is 0 Å². The highest BCUT2D eigenvalue weighted by molar-refractivity contribution is 8.13. The van der Waals surface area contributed by atoms with Crippen molar-refractivity contribution in [1.82, 2.24) is 10.3 Å². The van der Waals surface area contributed by atoms with Gasteiger partial charge in [-0.3, -0.25) is 9.79 Å². The number of aromatic nitrogens is 1. The van der Waals surface area contributed by atoms with Crippen molar-refractivity contribution in [2.75, 3.05) is 14.1 Å². The summed E-state index contributed by atoms with van der Waals surface area (Å²) in [5.74, 6) is 0.843. The van der Waals surface area contributed by atoms with E-state index in [1.54, 1.807) is 38.4 Å². The Balaban J connectivity index is 1.89. The number of nitrogens with zero attached hydrogens (tertiary/aromatic N) is 2. The third kappa shape index (κ3) is 5.68. The van der Waals surface area contributed by atoms with Gasteiger partial charge in [0.05, 0.1) is 5.04 Å². The first-order valence-corrected chi connectivity index (χ1v) is 11.3. The van der Waals surface area contributed by atoms with Crippen LogP contribution >= 0.6 is 11.8 Å². The van der Waals surface area contributed by atoms with E-state index in [4.69, 9.17) is 14.1 Å². The van der Waals surface area contributed by atoms with Crippen LogP contribution in [0.25, 0.3) is 5.57 Å². The van der Waals surface area contributed by atoms with Crippen LogP contribution in [0.4, 0.5) is 4.39 Å². The summed E-state index contributed by atoms with van der Waals surface area (Å²) in [6, 6.07) is 0. The van der Waals surface area contributed by atoms with Crippen LogP contribution in [0.5, 0.6) is 0 Å². The largest absolute Gasteiger partial charge is 0.488 e. The molecule has 0 spiro atoms. The van der Waals surface area contributed by atoms with Crippen molar-refractivity contribution in [3.63, 3.8) is 0 Å². The number of thioether (sulfide) groups is 1. The van der Waals surface area contributed by atoms with E-state index in [0.29, 0.717) is 40.9 Å². The van der Waals surface area contributed by atoms with E-state index >= 15 is 0 Å². The number of likely N-dealkylation sites (N-methyl/N-ethyl adjacent to an activating group) is 1. The number of allylic oxidation sites excluding steroid dienone is 7. The van der Waals surface area contributed by atoms with Gasteiger partial charge >= 0.3 is 0 Å². The predicted octanol–water partition coefficient (Wildman–Crippen LogP) is 5.69. The van der Waals surface area contributed by atoms with Gasteiger partial charge < -0.3 is 14.5 Å². The molecule has 8 heteroatoms. The molecule has 0 aliphatic heterocycles. The molecule has 1 amide bonds. The van der Waals surface area contributed by atoms with E-state index in [1.807, 2.05) is 26.8 Å². The number of oxazole rings is 1. The molecule has 2 atom stereocenters. The lowest BCUT2D eigenvalue weighted by Crippen LogP contribution is -2.18. The van der Waals surface area contributed by atoms with Crippen molar-refractivity contribution < 1.29 is 18.3 Å². The number of carbonyl (C=O) groups excluding carboxylic acids is 1. The Morgan fingerprint density at radius 3 is 2.84 bits per heavy atom. The number of aliphatic imine (C=N–C) groups is 1. The molecule has 0 bridgehead atoms. The third-order valence-corrected chi connectivity index (χ3v) is 6.12. The number of amides is 1. The van der Waals surface area contributed by atoms with Gasteiger partial charge in [0.2, 0.25) is 5.89 Å². The molecule has 32 heavy (non-hydrogen) atoms. The fourth-order valence-electron chi connectivity index (χ4n) is 3.32. The predicted molar refractivity (Wildman–Crippen MR) is 126 cm³/mol.